The largest absolute Gasteiger partial charge is 0.810 e. The summed E-state index contributed by atoms with van der Waals surface area (Å²) in [5.41, 5.74) is -1.17. The molecule has 0 fully saturated rings. The number of anilines is 4. The molecule has 0 aliphatic carbocycles. The molecule has 0 bridgehead atoms. The van der Waals surface area contributed by atoms with Crippen molar-refractivity contribution in [1.82, 2.24) is 20.3 Å². The van der Waals surface area contributed by atoms with Gasteiger partial charge in [0.25, 0.3) is 5.91 Å². The summed E-state index contributed by atoms with van der Waals surface area (Å²) in [6.45, 7) is 0. The Kier molecular flexibility index (Phi) is 8.02. The number of nitrogens with zero attached hydrogens (tertiary/aromatic N) is 3. The zero-order valence-corrected chi connectivity index (χ0v) is 20.7. The predicted octanol–water partition coefficient (Wildman–Crippen LogP) is 3.57. The molecule has 3 rings (SSSR count). The van der Waals surface area contributed by atoms with Gasteiger partial charge in [0.15, 0.2) is 5.69 Å². The van der Waals surface area contributed by atoms with Crippen LogP contribution in [0.2, 0.25) is 5.02 Å². The fraction of sp³-hybridized carbons (Fsp3) is 0.158. The number of rotatable bonds is 7. The number of pyridine rings is 1. The predicted molar refractivity (Wildman–Crippen MR) is 122 cm³/mol. The maximum absolute atomic E-state index is 13.6. The van der Waals surface area contributed by atoms with Crippen LogP contribution in [0.5, 0.6) is 0 Å². The van der Waals surface area contributed by atoms with Crippen LogP contribution in [-0.2, 0) is 16.9 Å². The lowest BCUT2D eigenvalue weighted by Gasteiger charge is -2.29. The average Bonchev–Trinajstić information content (AvgIpc) is 2.74. The first kappa shape index (κ1) is 26.8. The average molecular weight is 594 g/mol. The third-order valence-electron chi connectivity index (χ3n) is 4.31. The number of amides is 1. The molecule has 0 radical (unpaired) electrons. The van der Waals surface area contributed by atoms with Crippen molar-refractivity contribution in [2.75, 3.05) is 17.7 Å². The molecule has 3 N–H and O–H groups in total. The van der Waals surface area contributed by atoms with Gasteiger partial charge < -0.3 is 30.3 Å². The van der Waals surface area contributed by atoms with E-state index in [0.717, 1.165) is 0 Å². The molecule has 0 saturated carbocycles. The number of carbonyl (C=O) groups excluding carboxylic acids is 1. The maximum Gasteiger partial charge on any atom is 0.421 e. The number of aromatic nitrogens is 3. The molecule has 16 heteroatoms. The minimum atomic E-state index is -4.83. The van der Waals surface area contributed by atoms with Gasteiger partial charge in [0.1, 0.15) is 16.0 Å². The summed E-state index contributed by atoms with van der Waals surface area (Å²) in [6, 6.07) is 6.62. The summed E-state index contributed by atoms with van der Waals surface area (Å²) in [5.74, 6) is -1.61. The van der Waals surface area contributed by atoms with Crippen molar-refractivity contribution in [2.45, 2.75) is 12.3 Å². The molecule has 3 aromatic rings. The Morgan fingerprint density at radius 1 is 1.14 bits per heavy atom. The normalized spacial score (nSPS) is 11.8. The number of carbonyl (C=O) groups is 1. The van der Waals surface area contributed by atoms with E-state index in [-0.39, 0.29) is 38.2 Å². The molecule has 0 atom stereocenters. The minimum absolute atomic E-state index is 0.0204. The highest BCUT2D eigenvalue weighted by molar-refractivity contribution is 9.10. The lowest BCUT2D eigenvalue weighted by molar-refractivity contribution is -0.314. The molecule has 0 saturated heterocycles. The van der Waals surface area contributed by atoms with E-state index in [0.29, 0.717) is 6.20 Å². The molecular weight excluding hydrogens is 580 g/mol. The van der Waals surface area contributed by atoms with Gasteiger partial charge in [-0.05, 0) is 45.8 Å². The summed E-state index contributed by atoms with van der Waals surface area (Å²) in [6.07, 6.45) is -5.05. The van der Waals surface area contributed by atoms with E-state index in [9.17, 15) is 32.3 Å². The Morgan fingerprint density at radius 2 is 1.83 bits per heavy atom. The Hall–Kier alpha value is -2.77. The van der Waals surface area contributed by atoms with Gasteiger partial charge in [0, 0.05) is 19.4 Å². The number of benzene rings is 1. The van der Waals surface area contributed by atoms with Gasteiger partial charge in [-0.25, -0.2) is 9.97 Å². The van der Waals surface area contributed by atoms with Gasteiger partial charge in [-0.1, -0.05) is 25.3 Å². The molecule has 0 unspecified atom stereocenters. The zero-order valence-electron chi connectivity index (χ0n) is 17.5. The topological polar surface area (TPSA) is 155 Å². The highest BCUT2D eigenvalue weighted by Crippen LogP contribution is 2.37. The van der Waals surface area contributed by atoms with E-state index in [1.54, 1.807) is 0 Å². The van der Waals surface area contributed by atoms with Gasteiger partial charge >= 0.3 is 6.18 Å². The quantitative estimate of drug-likeness (QED) is 0.275. The van der Waals surface area contributed by atoms with Crippen LogP contribution in [-0.4, -0.2) is 27.9 Å². The van der Waals surface area contributed by atoms with Crippen LogP contribution in [0.25, 0.3) is 0 Å². The summed E-state index contributed by atoms with van der Waals surface area (Å²) in [7, 11) is -3.48. The van der Waals surface area contributed by atoms with Gasteiger partial charge in [-0.2, -0.15) is 18.2 Å². The Labute approximate surface area is 209 Å². The molecule has 2 heterocycles. The summed E-state index contributed by atoms with van der Waals surface area (Å²) in [5, 5.41) is 7.44. The van der Waals surface area contributed by atoms with Crippen molar-refractivity contribution in [3.8, 4) is 0 Å². The number of nitrogens with one attached hydrogen (secondary N) is 3. The van der Waals surface area contributed by atoms with Crippen molar-refractivity contribution < 1.29 is 32.3 Å². The van der Waals surface area contributed by atoms with E-state index in [1.807, 2.05) is 0 Å². The number of hydrogen-bond acceptors (Lipinski definition) is 9. The molecule has 10 nitrogen and oxygen atoms in total. The summed E-state index contributed by atoms with van der Waals surface area (Å²) >= 11 is 9.21. The fourth-order valence-electron chi connectivity index (χ4n) is 2.80. The monoisotopic (exact) mass is 592 g/mol. The molecule has 1 aromatic carbocycles. The second-order valence-electron chi connectivity index (χ2n) is 6.90. The first-order chi connectivity index (χ1) is 16.3. The van der Waals surface area contributed by atoms with Crippen molar-refractivity contribution in [3.05, 3.63) is 63.0 Å². The van der Waals surface area contributed by atoms with E-state index in [1.165, 1.54) is 37.4 Å². The first-order valence-corrected chi connectivity index (χ1v) is 12.3. The van der Waals surface area contributed by atoms with Crippen molar-refractivity contribution in [1.29, 1.82) is 0 Å². The third kappa shape index (κ3) is 7.12. The Bertz CT molecular complexity index is 1320. The lowest BCUT2D eigenvalue weighted by Crippen LogP contribution is -2.21. The minimum Gasteiger partial charge on any atom is -0.810 e. The van der Waals surface area contributed by atoms with Crippen LogP contribution >= 0.6 is 35.1 Å². The SMILES string of the molecule is CNC(=O)c1nc(Br)ccc1Nc1nc(Nc2ccc(CP(=O)([O-])[O-])cc2Cl)ncc1C(F)(F)F. The van der Waals surface area contributed by atoms with E-state index >= 15 is 0 Å². The van der Waals surface area contributed by atoms with E-state index in [4.69, 9.17) is 11.6 Å². The molecule has 2 aromatic heterocycles. The second-order valence-corrected chi connectivity index (χ2v) is 9.65. The Balaban J connectivity index is 1.98. The number of halogens is 5. The summed E-state index contributed by atoms with van der Waals surface area (Å²) < 4.78 is 52.1. The Morgan fingerprint density at radius 3 is 2.43 bits per heavy atom. The molecule has 1 amide bonds. The third-order valence-corrected chi connectivity index (χ3v) is 5.81. The van der Waals surface area contributed by atoms with Crippen molar-refractivity contribution >= 4 is 64.2 Å². The van der Waals surface area contributed by atoms with Crippen LogP contribution in [0.4, 0.5) is 36.3 Å². The van der Waals surface area contributed by atoms with Gasteiger partial charge in [-0.15, -0.1) is 0 Å². The highest BCUT2D eigenvalue weighted by Gasteiger charge is 2.35. The van der Waals surface area contributed by atoms with Crippen LogP contribution in [0.3, 0.4) is 0 Å². The van der Waals surface area contributed by atoms with Gasteiger partial charge in [0.05, 0.1) is 16.4 Å². The van der Waals surface area contributed by atoms with Crippen LogP contribution in [0.15, 0.2) is 41.1 Å². The zero-order chi connectivity index (χ0) is 26.0. The molecule has 186 valence electrons. The van der Waals surface area contributed by atoms with Crippen LogP contribution in [0.1, 0.15) is 21.6 Å². The van der Waals surface area contributed by atoms with Crippen LogP contribution < -0.4 is 25.7 Å². The van der Waals surface area contributed by atoms with Crippen molar-refractivity contribution in [2.24, 2.45) is 0 Å². The molecule has 0 aliphatic rings. The first-order valence-electron chi connectivity index (χ1n) is 9.43. The summed E-state index contributed by atoms with van der Waals surface area (Å²) in [4.78, 5) is 45.6. The lowest BCUT2D eigenvalue weighted by atomic mass is 10.2. The highest BCUT2D eigenvalue weighted by atomic mass is 79.9. The molecule has 0 aliphatic heterocycles. The second kappa shape index (κ2) is 10.5. The fourth-order valence-corrected chi connectivity index (χ4v) is 4.01. The molecule has 0 spiro atoms. The molecular formula is C19H14BrClF3N6O4P-2. The van der Waals surface area contributed by atoms with E-state index in [2.05, 4.69) is 46.8 Å². The van der Waals surface area contributed by atoms with E-state index < -0.39 is 37.2 Å². The molecule has 35 heavy (non-hydrogen) atoms. The number of hydrogen-bond donors (Lipinski definition) is 3. The number of alkyl halides is 3. The van der Waals surface area contributed by atoms with Crippen LogP contribution in [0, 0.1) is 0 Å². The van der Waals surface area contributed by atoms with Crippen molar-refractivity contribution in [3.63, 3.8) is 0 Å². The standard InChI is InChI=1S/C19H16BrClF3N6O4P/c1-25-17(31)15-13(4-5-14(20)29-15)27-16-10(19(22,23)24)7-26-18(30-16)28-12-3-2-9(6-11(12)21)8-35(32,33)34/h2-7H,8H2,1H3,(H,25,31)(H2,32,33,34)(H2,26,27,28,30)/p-2. The maximum atomic E-state index is 13.6. The van der Waals surface area contributed by atoms with Gasteiger partial charge in [0.2, 0.25) is 5.95 Å². The smallest absolute Gasteiger partial charge is 0.421 e. The van der Waals surface area contributed by atoms with Gasteiger partial charge in [-0.3, -0.25) is 4.79 Å².